The van der Waals surface area contributed by atoms with Gasteiger partial charge < -0.3 is 10.1 Å². The number of benzene rings is 2. The first-order valence-corrected chi connectivity index (χ1v) is 6.76. The summed E-state index contributed by atoms with van der Waals surface area (Å²) in [4.78, 5) is 0. The van der Waals surface area contributed by atoms with Gasteiger partial charge in [0.1, 0.15) is 18.4 Å². The summed E-state index contributed by atoms with van der Waals surface area (Å²) < 4.78 is 6.43. The molecule has 0 spiro atoms. The summed E-state index contributed by atoms with van der Waals surface area (Å²) in [7, 11) is 0. The van der Waals surface area contributed by atoms with Crippen molar-refractivity contribution in [1.82, 2.24) is 0 Å². The molecular formula is C15H11BrN2O. The van der Waals surface area contributed by atoms with Crippen LogP contribution in [-0.4, -0.2) is 6.61 Å². The molecule has 0 bridgehead atoms. The Morgan fingerprint density at radius 1 is 1.21 bits per heavy atom. The zero-order valence-corrected chi connectivity index (χ0v) is 11.6. The van der Waals surface area contributed by atoms with E-state index in [9.17, 15) is 5.26 Å². The Hall–Kier alpha value is -1.99. The molecule has 1 atom stereocenters. The van der Waals surface area contributed by atoms with Crippen molar-refractivity contribution < 1.29 is 4.74 Å². The fraction of sp³-hybridized carbons (Fsp3) is 0.133. The van der Waals surface area contributed by atoms with E-state index in [4.69, 9.17) is 4.74 Å². The number of hydrogen-bond acceptors (Lipinski definition) is 3. The number of hydrogen-bond donors (Lipinski definition) is 1. The molecule has 3 nitrogen and oxygen atoms in total. The third kappa shape index (κ3) is 2.18. The number of para-hydroxylation sites is 1. The lowest BCUT2D eigenvalue weighted by Gasteiger charge is -2.15. The summed E-state index contributed by atoms with van der Waals surface area (Å²) in [5.74, 6) is 0.911. The highest BCUT2D eigenvalue weighted by molar-refractivity contribution is 9.10. The van der Waals surface area contributed by atoms with Crippen molar-refractivity contribution in [2.24, 2.45) is 0 Å². The molecule has 0 radical (unpaired) electrons. The summed E-state index contributed by atoms with van der Waals surface area (Å²) in [6.07, 6.45) is 0. The number of ether oxygens (including phenoxy) is 1. The summed E-state index contributed by atoms with van der Waals surface area (Å²) >= 11 is 3.39. The third-order valence-electron chi connectivity index (χ3n) is 3.16. The minimum Gasteiger partial charge on any atom is -0.491 e. The fourth-order valence-electron chi connectivity index (χ4n) is 2.23. The van der Waals surface area contributed by atoms with Gasteiger partial charge in [0, 0.05) is 10.0 Å². The van der Waals surface area contributed by atoms with Crippen molar-refractivity contribution in [2.45, 2.75) is 6.04 Å². The molecule has 0 amide bonds. The zero-order valence-electron chi connectivity index (χ0n) is 10.1. The van der Waals surface area contributed by atoms with Gasteiger partial charge in [-0.25, -0.2) is 0 Å². The van der Waals surface area contributed by atoms with Crippen LogP contribution in [0.25, 0.3) is 0 Å². The van der Waals surface area contributed by atoms with E-state index in [2.05, 4.69) is 27.3 Å². The topological polar surface area (TPSA) is 45.0 Å². The summed E-state index contributed by atoms with van der Waals surface area (Å²) in [5, 5.41) is 12.6. The lowest BCUT2D eigenvalue weighted by atomic mass is 10.1. The van der Waals surface area contributed by atoms with E-state index in [0.717, 1.165) is 21.5 Å². The van der Waals surface area contributed by atoms with Crippen molar-refractivity contribution in [3.63, 3.8) is 0 Å². The largest absolute Gasteiger partial charge is 0.491 e. The van der Waals surface area contributed by atoms with Crippen molar-refractivity contribution in [3.8, 4) is 11.8 Å². The minimum absolute atomic E-state index is 0.0811. The van der Waals surface area contributed by atoms with Crippen molar-refractivity contribution in [2.75, 3.05) is 11.9 Å². The molecule has 0 saturated heterocycles. The van der Waals surface area contributed by atoms with Gasteiger partial charge in [-0.15, -0.1) is 0 Å². The Morgan fingerprint density at radius 3 is 2.89 bits per heavy atom. The number of nitriles is 1. The maximum atomic E-state index is 9.22. The fourth-order valence-corrected chi connectivity index (χ4v) is 2.68. The Kier molecular flexibility index (Phi) is 3.14. The highest BCUT2D eigenvalue weighted by atomic mass is 79.9. The van der Waals surface area contributed by atoms with E-state index < -0.39 is 0 Å². The van der Waals surface area contributed by atoms with Gasteiger partial charge in [-0.1, -0.05) is 24.3 Å². The van der Waals surface area contributed by atoms with Crippen LogP contribution in [0, 0.1) is 11.3 Å². The smallest absolute Gasteiger partial charge is 0.124 e. The average molecular weight is 315 g/mol. The molecule has 2 aromatic rings. The normalized spacial score (nSPS) is 16.3. The van der Waals surface area contributed by atoms with Crippen LogP contribution in [0.4, 0.5) is 5.69 Å². The number of nitrogens with zero attached hydrogens (tertiary/aromatic N) is 1. The van der Waals surface area contributed by atoms with Crippen LogP contribution in [0.3, 0.4) is 0 Å². The summed E-state index contributed by atoms with van der Waals surface area (Å²) in [5.41, 5.74) is 2.57. The van der Waals surface area contributed by atoms with Crippen LogP contribution in [0.5, 0.6) is 5.75 Å². The van der Waals surface area contributed by atoms with Crippen LogP contribution >= 0.6 is 15.9 Å². The second-order valence-corrected chi connectivity index (χ2v) is 5.17. The second-order valence-electron chi connectivity index (χ2n) is 4.32. The summed E-state index contributed by atoms with van der Waals surface area (Å²) in [6.45, 7) is 0.580. The molecule has 0 saturated carbocycles. The minimum atomic E-state index is 0.0811. The number of nitrogens with one attached hydrogen (secondary N) is 1. The molecule has 2 aromatic carbocycles. The SMILES string of the molecule is N#Cc1c(Br)cccc1NC1COc2ccccc21. The van der Waals surface area contributed by atoms with Gasteiger partial charge >= 0.3 is 0 Å². The van der Waals surface area contributed by atoms with Crippen LogP contribution in [0.15, 0.2) is 46.9 Å². The van der Waals surface area contributed by atoms with Gasteiger partial charge in [-0.3, -0.25) is 0 Å². The predicted molar refractivity (Wildman–Crippen MR) is 77.2 cm³/mol. The predicted octanol–water partition coefficient (Wildman–Crippen LogP) is 3.87. The van der Waals surface area contributed by atoms with Crippen LogP contribution in [-0.2, 0) is 0 Å². The van der Waals surface area contributed by atoms with E-state index in [1.54, 1.807) is 0 Å². The van der Waals surface area contributed by atoms with Gasteiger partial charge in [-0.2, -0.15) is 5.26 Å². The van der Waals surface area contributed by atoms with E-state index in [1.807, 2.05) is 42.5 Å². The molecule has 94 valence electrons. The number of fused-ring (bicyclic) bond motifs is 1. The average Bonchev–Trinajstić information content (AvgIpc) is 2.83. The maximum absolute atomic E-state index is 9.22. The molecule has 1 heterocycles. The third-order valence-corrected chi connectivity index (χ3v) is 3.82. The number of anilines is 1. The number of halogens is 1. The molecular weight excluding hydrogens is 304 g/mol. The van der Waals surface area contributed by atoms with E-state index in [-0.39, 0.29) is 6.04 Å². The van der Waals surface area contributed by atoms with E-state index >= 15 is 0 Å². The van der Waals surface area contributed by atoms with E-state index in [1.165, 1.54) is 0 Å². The quantitative estimate of drug-likeness (QED) is 0.915. The van der Waals surface area contributed by atoms with Gasteiger partial charge in [0.2, 0.25) is 0 Å². The van der Waals surface area contributed by atoms with E-state index in [0.29, 0.717) is 12.2 Å². The van der Waals surface area contributed by atoms with Gasteiger partial charge in [-0.05, 0) is 34.1 Å². The van der Waals surface area contributed by atoms with Crippen molar-refractivity contribution in [1.29, 1.82) is 5.26 Å². The molecule has 1 unspecified atom stereocenters. The Labute approximate surface area is 120 Å². The monoisotopic (exact) mass is 314 g/mol. The molecule has 1 N–H and O–H groups in total. The first-order chi connectivity index (χ1) is 9.29. The highest BCUT2D eigenvalue weighted by Crippen LogP contribution is 2.35. The summed E-state index contributed by atoms with van der Waals surface area (Å²) in [6, 6.07) is 15.9. The van der Waals surface area contributed by atoms with Crippen LogP contribution in [0.1, 0.15) is 17.2 Å². The first-order valence-electron chi connectivity index (χ1n) is 5.96. The van der Waals surface area contributed by atoms with Crippen molar-refractivity contribution in [3.05, 3.63) is 58.1 Å². The Bertz CT molecular complexity index is 663. The highest BCUT2D eigenvalue weighted by Gasteiger charge is 2.24. The number of rotatable bonds is 2. The zero-order chi connectivity index (χ0) is 13.2. The Morgan fingerprint density at radius 2 is 2.05 bits per heavy atom. The molecule has 0 aliphatic carbocycles. The van der Waals surface area contributed by atoms with Gasteiger partial charge in [0.15, 0.2) is 0 Å². The maximum Gasteiger partial charge on any atom is 0.124 e. The molecule has 0 fully saturated rings. The van der Waals surface area contributed by atoms with Crippen LogP contribution in [0.2, 0.25) is 0 Å². The molecule has 1 aliphatic heterocycles. The molecule has 4 heteroatoms. The van der Waals surface area contributed by atoms with Crippen LogP contribution < -0.4 is 10.1 Å². The van der Waals surface area contributed by atoms with Crippen molar-refractivity contribution >= 4 is 21.6 Å². The second kappa shape index (κ2) is 4.94. The Balaban J connectivity index is 1.92. The molecule has 3 rings (SSSR count). The standard InChI is InChI=1S/C15H11BrN2O/c16-12-5-3-6-13(11(12)8-17)18-14-9-19-15-7-2-1-4-10(14)15/h1-7,14,18H,9H2. The molecule has 19 heavy (non-hydrogen) atoms. The van der Waals surface area contributed by atoms with Gasteiger partial charge in [0.05, 0.1) is 17.3 Å². The lowest BCUT2D eigenvalue weighted by Crippen LogP contribution is -2.12. The first kappa shape index (κ1) is 12.1. The molecule has 1 aliphatic rings. The van der Waals surface area contributed by atoms with Gasteiger partial charge in [0.25, 0.3) is 0 Å². The lowest BCUT2D eigenvalue weighted by molar-refractivity contribution is 0.340. The molecule has 0 aromatic heterocycles.